The molecule has 33 heavy (non-hydrogen) atoms. The van der Waals surface area contributed by atoms with E-state index in [9.17, 15) is 9.59 Å². The molecule has 2 N–H and O–H groups in total. The molecule has 5 nitrogen and oxygen atoms in total. The zero-order valence-electron chi connectivity index (χ0n) is 18.2. The van der Waals surface area contributed by atoms with Crippen LogP contribution in [0, 0.1) is 0 Å². The Hall–Kier alpha value is -3.77. The van der Waals surface area contributed by atoms with Crippen molar-refractivity contribution in [2.75, 3.05) is 17.2 Å². The minimum Gasteiger partial charge on any atom is -0.484 e. The van der Waals surface area contributed by atoms with Crippen LogP contribution in [0.1, 0.15) is 6.92 Å². The fourth-order valence-corrected chi connectivity index (χ4v) is 4.20. The van der Waals surface area contributed by atoms with E-state index in [2.05, 4.69) is 10.6 Å². The van der Waals surface area contributed by atoms with Crippen molar-refractivity contribution in [2.45, 2.75) is 17.1 Å². The molecule has 1 atom stereocenters. The number of thioether (sulfide) groups is 1. The number of carbonyl (C=O) groups excluding carboxylic acids is 2. The summed E-state index contributed by atoms with van der Waals surface area (Å²) in [5.41, 5.74) is 1.43. The number of hydrogen-bond acceptors (Lipinski definition) is 4. The third-order valence-electron chi connectivity index (χ3n) is 4.93. The van der Waals surface area contributed by atoms with Gasteiger partial charge in [-0.15, -0.1) is 11.8 Å². The Morgan fingerprint density at radius 1 is 0.788 bits per heavy atom. The van der Waals surface area contributed by atoms with Crippen molar-refractivity contribution in [3.8, 4) is 5.75 Å². The van der Waals surface area contributed by atoms with Gasteiger partial charge >= 0.3 is 0 Å². The number of fused-ring (bicyclic) bond motifs is 1. The van der Waals surface area contributed by atoms with Gasteiger partial charge in [-0.05, 0) is 60.2 Å². The molecule has 0 bridgehead atoms. The molecule has 1 unspecified atom stereocenters. The lowest BCUT2D eigenvalue weighted by Gasteiger charge is -2.13. The molecule has 0 aliphatic carbocycles. The lowest BCUT2D eigenvalue weighted by molar-refractivity contribution is -0.118. The number of anilines is 2. The highest BCUT2D eigenvalue weighted by Gasteiger charge is 2.15. The van der Waals surface area contributed by atoms with E-state index >= 15 is 0 Å². The maximum atomic E-state index is 12.7. The normalized spacial score (nSPS) is 11.5. The van der Waals surface area contributed by atoms with Gasteiger partial charge in [-0.25, -0.2) is 0 Å². The van der Waals surface area contributed by atoms with Crippen molar-refractivity contribution in [1.29, 1.82) is 0 Å². The number of para-hydroxylation sites is 1. The molecule has 0 heterocycles. The standard InChI is InChI=1S/C27H24N2O3S/c1-19(27(31)29-23-15-14-20-8-5-6-9-21(20)16-23)33-25-13-7-10-22(17-25)28-26(30)18-32-24-11-3-2-4-12-24/h2-17,19H,18H2,1H3,(H,28,30)(H,29,31). The molecular formula is C27H24N2O3S. The third-order valence-corrected chi connectivity index (χ3v) is 6.02. The van der Waals surface area contributed by atoms with E-state index < -0.39 is 0 Å². The van der Waals surface area contributed by atoms with Gasteiger partial charge in [0, 0.05) is 16.3 Å². The molecule has 4 aromatic rings. The average molecular weight is 457 g/mol. The van der Waals surface area contributed by atoms with E-state index in [1.54, 1.807) is 12.1 Å². The summed E-state index contributed by atoms with van der Waals surface area (Å²) in [6.45, 7) is 1.78. The number of nitrogens with one attached hydrogen (secondary N) is 2. The Morgan fingerprint density at radius 3 is 2.33 bits per heavy atom. The number of carbonyl (C=O) groups is 2. The minimum absolute atomic E-state index is 0.0774. The van der Waals surface area contributed by atoms with Crippen molar-refractivity contribution in [2.24, 2.45) is 0 Å². The topological polar surface area (TPSA) is 67.4 Å². The minimum atomic E-state index is -0.316. The van der Waals surface area contributed by atoms with E-state index in [0.29, 0.717) is 11.4 Å². The molecule has 2 amide bonds. The van der Waals surface area contributed by atoms with Crippen LogP contribution < -0.4 is 15.4 Å². The van der Waals surface area contributed by atoms with Gasteiger partial charge in [-0.2, -0.15) is 0 Å². The maximum Gasteiger partial charge on any atom is 0.262 e. The summed E-state index contributed by atoms with van der Waals surface area (Å²) in [6, 6.07) is 30.5. The second-order valence-electron chi connectivity index (χ2n) is 7.49. The summed E-state index contributed by atoms with van der Waals surface area (Å²) in [6.07, 6.45) is 0. The molecular weight excluding hydrogens is 432 g/mol. The Kier molecular flexibility index (Phi) is 7.27. The third kappa shape index (κ3) is 6.37. The Morgan fingerprint density at radius 2 is 1.52 bits per heavy atom. The smallest absolute Gasteiger partial charge is 0.262 e. The van der Waals surface area contributed by atoms with E-state index in [1.165, 1.54) is 11.8 Å². The van der Waals surface area contributed by atoms with Crippen molar-refractivity contribution >= 4 is 45.7 Å². The van der Waals surface area contributed by atoms with Crippen LogP contribution in [-0.2, 0) is 9.59 Å². The lowest BCUT2D eigenvalue weighted by atomic mass is 10.1. The van der Waals surface area contributed by atoms with Gasteiger partial charge in [0.2, 0.25) is 5.91 Å². The molecule has 0 saturated carbocycles. The Bertz CT molecular complexity index is 1260. The number of hydrogen-bond donors (Lipinski definition) is 2. The van der Waals surface area contributed by atoms with Gasteiger partial charge < -0.3 is 15.4 Å². The van der Waals surface area contributed by atoms with Crippen LogP contribution in [0.4, 0.5) is 11.4 Å². The van der Waals surface area contributed by atoms with Crippen LogP contribution in [0.3, 0.4) is 0 Å². The molecule has 0 spiro atoms. The van der Waals surface area contributed by atoms with Crippen LogP contribution in [0.5, 0.6) is 5.75 Å². The highest BCUT2D eigenvalue weighted by Crippen LogP contribution is 2.27. The monoisotopic (exact) mass is 456 g/mol. The number of benzene rings is 4. The number of ether oxygens (including phenoxy) is 1. The lowest BCUT2D eigenvalue weighted by Crippen LogP contribution is -2.22. The number of amides is 2. The van der Waals surface area contributed by atoms with E-state index in [1.807, 2.05) is 91.9 Å². The van der Waals surface area contributed by atoms with Crippen LogP contribution in [0.2, 0.25) is 0 Å². The maximum absolute atomic E-state index is 12.7. The molecule has 0 aliphatic rings. The first-order valence-corrected chi connectivity index (χ1v) is 11.5. The quantitative estimate of drug-likeness (QED) is 0.320. The zero-order valence-corrected chi connectivity index (χ0v) is 19.0. The van der Waals surface area contributed by atoms with Gasteiger partial charge in [0.15, 0.2) is 6.61 Å². The van der Waals surface area contributed by atoms with Crippen molar-refractivity contribution in [3.05, 3.63) is 97.1 Å². The fraction of sp³-hybridized carbons (Fsp3) is 0.111. The molecule has 0 radical (unpaired) electrons. The molecule has 0 aromatic heterocycles. The first-order chi connectivity index (χ1) is 16.1. The first kappa shape index (κ1) is 22.4. The fourth-order valence-electron chi connectivity index (χ4n) is 3.28. The van der Waals surface area contributed by atoms with Crippen LogP contribution in [0.25, 0.3) is 10.8 Å². The second kappa shape index (κ2) is 10.7. The summed E-state index contributed by atoms with van der Waals surface area (Å²) in [4.78, 5) is 25.8. The first-order valence-electron chi connectivity index (χ1n) is 10.6. The SMILES string of the molecule is CC(Sc1cccc(NC(=O)COc2ccccc2)c1)C(=O)Nc1ccc2ccccc2c1. The summed E-state index contributed by atoms with van der Waals surface area (Å²) in [5.74, 6) is 0.312. The molecule has 166 valence electrons. The van der Waals surface area contributed by atoms with Crippen LogP contribution in [0.15, 0.2) is 102 Å². The van der Waals surface area contributed by atoms with Gasteiger partial charge in [-0.3, -0.25) is 9.59 Å². The predicted octanol–water partition coefficient (Wildman–Crippen LogP) is 5.98. The second-order valence-corrected chi connectivity index (χ2v) is 8.90. The van der Waals surface area contributed by atoms with Crippen molar-refractivity contribution in [3.63, 3.8) is 0 Å². The molecule has 6 heteroatoms. The average Bonchev–Trinajstić information content (AvgIpc) is 2.83. The van der Waals surface area contributed by atoms with Gasteiger partial charge in [-0.1, -0.05) is 54.6 Å². The Balaban J connectivity index is 1.31. The molecule has 4 rings (SSSR count). The summed E-state index contributed by atoms with van der Waals surface area (Å²) in [5, 5.41) is 7.71. The van der Waals surface area contributed by atoms with E-state index in [4.69, 9.17) is 4.74 Å². The van der Waals surface area contributed by atoms with Crippen molar-refractivity contribution in [1.82, 2.24) is 0 Å². The van der Waals surface area contributed by atoms with E-state index in [0.717, 1.165) is 21.4 Å². The highest BCUT2D eigenvalue weighted by molar-refractivity contribution is 8.00. The van der Waals surface area contributed by atoms with Crippen LogP contribution in [-0.4, -0.2) is 23.7 Å². The summed E-state index contributed by atoms with van der Waals surface area (Å²) < 4.78 is 5.48. The number of rotatable bonds is 8. The van der Waals surface area contributed by atoms with Gasteiger partial charge in [0.05, 0.1) is 5.25 Å². The van der Waals surface area contributed by atoms with Crippen molar-refractivity contribution < 1.29 is 14.3 Å². The predicted molar refractivity (Wildman–Crippen MR) is 135 cm³/mol. The largest absolute Gasteiger partial charge is 0.484 e. The van der Waals surface area contributed by atoms with Gasteiger partial charge in [0.1, 0.15) is 5.75 Å². The summed E-state index contributed by atoms with van der Waals surface area (Å²) in [7, 11) is 0. The van der Waals surface area contributed by atoms with E-state index in [-0.39, 0.29) is 23.7 Å². The van der Waals surface area contributed by atoms with Crippen LogP contribution >= 0.6 is 11.8 Å². The zero-order chi connectivity index (χ0) is 23.0. The molecule has 0 saturated heterocycles. The Labute approximate surface area is 197 Å². The molecule has 4 aromatic carbocycles. The van der Waals surface area contributed by atoms with Gasteiger partial charge in [0.25, 0.3) is 5.91 Å². The molecule has 0 aliphatic heterocycles. The highest BCUT2D eigenvalue weighted by atomic mass is 32.2. The summed E-state index contributed by atoms with van der Waals surface area (Å²) >= 11 is 1.43. The molecule has 0 fully saturated rings.